The van der Waals surface area contributed by atoms with Crippen molar-refractivity contribution in [2.24, 2.45) is 5.92 Å². The molecule has 0 saturated heterocycles. The Bertz CT molecular complexity index is 579. The van der Waals surface area contributed by atoms with Crippen molar-refractivity contribution in [2.45, 2.75) is 32.1 Å². The van der Waals surface area contributed by atoms with Crippen molar-refractivity contribution in [3.8, 4) is 0 Å². The van der Waals surface area contributed by atoms with E-state index in [1.54, 1.807) is 0 Å². The Balaban J connectivity index is 1.93. The molecule has 3 rings (SSSR count). The van der Waals surface area contributed by atoms with E-state index in [0.29, 0.717) is 11.8 Å². The van der Waals surface area contributed by atoms with Gasteiger partial charge in [-0.25, -0.2) is 4.98 Å². The number of halogens is 1. The van der Waals surface area contributed by atoms with Gasteiger partial charge in [-0.1, -0.05) is 30.9 Å². The molecule has 19 heavy (non-hydrogen) atoms. The molecule has 0 radical (unpaired) electrons. The number of pyridine rings is 1. The zero-order valence-electron chi connectivity index (χ0n) is 11.0. The summed E-state index contributed by atoms with van der Waals surface area (Å²) in [6, 6.07) is 4.09. The van der Waals surface area contributed by atoms with Crippen LogP contribution in [-0.2, 0) is 0 Å². The lowest BCUT2D eigenvalue weighted by molar-refractivity contribution is 0.405. The Kier molecular flexibility index (Phi) is 3.88. The van der Waals surface area contributed by atoms with Gasteiger partial charge in [-0.15, -0.1) is 11.6 Å². The minimum atomic E-state index is 0.637. The van der Waals surface area contributed by atoms with E-state index in [0.717, 1.165) is 5.65 Å². The number of nitrogens with zero attached hydrogens (tertiary/aromatic N) is 1. The Morgan fingerprint density at radius 3 is 3.00 bits per heavy atom. The van der Waals surface area contributed by atoms with Crippen LogP contribution < -0.4 is 0 Å². The van der Waals surface area contributed by atoms with Crippen LogP contribution in [0, 0.1) is 5.92 Å². The first-order chi connectivity index (χ1) is 9.38. The minimum absolute atomic E-state index is 0.637. The number of H-pyrrole nitrogens is 1. The van der Waals surface area contributed by atoms with Crippen LogP contribution in [0.2, 0.25) is 0 Å². The molecule has 1 aliphatic carbocycles. The topological polar surface area (TPSA) is 28.7 Å². The van der Waals surface area contributed by atoms with Gasteiger partial charge in [0, 0.05) is 29.2 Å². The maximum atomic E-state index is 6.17. The first kappa shape index (κ1) is 12.7. The third-order valence-electron chi connectivity index (χ3n) is 4.11. The quantitative estimate of drug-likeness (QED) is 0.803. The highest BCUT2D eigenvalue weighted by Gasteiger charge is 2.17. The second-order valence-corrected chi connectivity index (χ2v) is 5.60. The highest BCUT2D eigenvalue weighted by molar-refractivity contribution is 6.19. The summed E-state index contributed by atoms with van der Waals surface area (Å²) in [5.74, 6) is 1.31. The summed E-state index contributed by atoms with van der Waals surface area (Å²) < 4.78 is 0. The van der Waals surface area contributed by atoms with Crippen molar-refractivity contribution >= 4 is 28.7 Å². The average Bonchev–Trinajstić information content (AvgIpc) is 2.89. The van der Waals surface area contributed by atoms with Gasteiger partial charge in [0.1, 0.15) is 5.65 Å². The standard InChI is InChI=1S/C16H19ClN2/c17-10-13(12-5-2-1-3-6-12)9-14-11-19-16-15(14)7-4-8-18-16/h4,7-9,11-12H,1-3,5-6,10H2,(H,18,19). The van der Waals surface area contributed by atoms with Gasteiger partial charge < -0.3 is 4.98 Å². The van der Waals surface area contributed by atoms with Crippen LogP contribution in [-0.4, -0.2) is 15.8 Å². The maximum Gasteiger partial charge on any atom is 0.137 e. The van der Waals surface area contributed by atoms with Gasteiger partial charge in [0.05, 0.1) is 0 Å². The predicted octanol–water partition coefficient (Wildman–Crippen LogP) is 4.77. The van der Waals surface area contributed by atoms with Gasteiger partial charge in [-0.05, 0) is 30.9 Å². The molecule has 2 aromatic rings. The molecule has 100 valence electrons. The molecule has 0 bridgehead atoms. The van der Waals surface area contributed by atoms with Gasteiger partial charge in [-0.3, -0.25) is 0 Å². The zero-order chi connectivity index (χ0) is 13.1. The SMILES string of the molecule is ClCC(=Cc1c[nH]c2ncccc12)C1CCCCC1. The normalized spacial score (nSPS) is 18.1. The summed E-state index contributed by atoms with van der Waals surface area (Å²) in [5, 5.41) is 1.18. The highest BCUT2D eigenvalue weighted by Crippen LogP contribution is 2.32. The number of nitrogens with one attached hydrogen (secondary N) is 1. The number of fused-ring (bicyclic) bond motifs is 1. The summed E-state index contributed by atoms with van der Waals surface area (Å²) in [4.78, 5) is 7.55. The fourth-order valence-electron chi connectivity index (χ4n) is 3.04. The number of hydrogen-bond acceptors (Lipinski definition) is 1. The summed E-state index contributed by atoms with van der Waals surface area (Å²) >= 11 is 6.17. The summed E-state index contributed by atoms with van der Waals surface area (Å²) in [5.41, 5.74) is 3.54. The van der Waals surface area contributed by atoms with Gasteiger partial charge in [0.15, 0.2) is 0 Å². The highest BCUT2D eigenvalue weighted by atomic mass is 35.5. The molecule has 1 N–H and O–H groups in total. The Morgan fingerprint density at radius 2 is 2.21 bits per heavy atom. The Hall–Kier alpha value is -1.28. The molecule has 0 atom stereocenters. The lowest BCUT2D eigenvalue weighted by atomic mass is 9.84. The van der Waals surface area contributed by atoms with Crippen LogP contribution in [0.5, 0.6) is 0 Å². The molecule has 1 saturated carbocycles. The minimum Gasteiger partial charge on any atom is -0.346 e. The number of rotatable bonds is 3. The third-order valence-corrected chi connectivity index (χ3v) is 4.42. The van der Waals surface area contributed by atoms with E-state index in [1.807, 2.05) is 18.5 Å². The molecule has 2 heterocycles. The van der Waals surface area contributed by atoms with Crippen LogP contribution in [0.25, 0.3) is 17.1 Å². The Morgan fingerprint density at radius 1 is 1.37 bits per heavy atom. The van der Waals surface area contributed by atoms with Crippen LogP contribution >= 0.6 is 11.6 Å². The molecule has 2 aromatic heterocycles. The largest absolute Gasteiger partial charge is 0.346 e. The molecule has 0 amide bonds. The molecule has 0 unspecified atom stereocenters. The first-order valence-electron chi connectivity index (χ1n) is 7.07. The smallest absolute Gasteiger partial charge is 0.137 e. The van der Waals surface area contributed by atoms with Crippen LogP contribution in [0.3, 0.4) is 0 Å². The molecule has 0 aliphatic heterocycles. The predicted molar refractivity (Wildman–Crippen MR) is 81.4 cm³/mol. The van der Waals surface area contributed by atoms with Crippen molar-refractivity contribution in [1.29, 1.82) is 0 Å². The van der Waals surface area contributed by atoms with E-state index >= 15 is 0 Å². The van der Waals surface area contributed by atoms with Gasteiger partial charge in [0.2, 0.25) is 0 Å². The number of aromatic amines is 1. The molecule has 2 nitrogen and oxygen atoms in total. The second-order valence-electron chi connectivity index (χ2n) is 5.33. The molecule has 1 aliphatic rings. The maximum absolute atomic E-state index is 6.17. The number of allylic oxidation sites excluding steroid dienone is 1. The number of aromatic nitrogens is 2. The van der Waals surface area contributed by atoms with Crippen molar-refractivity contribution < 1.29 is 0 Å². The molecule has 0 spiro atoms. The third kappa shape index (κ3) is 2.69. The van der Waals surface area contributed by atoms with E-state index in [9.17, 15) is 0 Å². The monoisotopic (exact) mass is 274 g/mol. The van der Waals surface area contributed by atoms with Crippen LogP contribution in [0.15, 0.2) is 30.1 Å². The summed E-state index contributed by atoms with van der Waals surface area (Å²) in [7, 11) is 0. The van der Waals surface area contributed by atoms with E-state index in [1.165, 1.54) is 48.6 Å². The lowest BCUT2D eigenvalue weighted by Gasteiger charge is -2.23. The molecular formula is C16H19ClN2. The molecule has 1 fully saturated rings. The van der Waals surface area contributed by atoms with Crippen molar-refractivity contribution in [1.82, 2.24) is 9.97 Å². The van der Waals surface area contributed by atoms with Gasteiger partial charge in [-0.2, -0.15) is 0 Å². The zero-order valence-corrected chi connectivity index (χ0v) is 11.8. The van der Waals surface area contributed by atoms with Crippen molar-refractivity contribution in [3.05, 3.63) is 35.7 Å². The molecule has 0 aromatic carbocycles. The number of hydrogen-bond donors (Lipinski definition) is 1. The van der Waals surface area contributed by atoms with E-state index in [-0.39, 0.29) is 0 Å². The van der Waals surface area contributed by atoms with Gasteiger partial charge >= 0.3 is 0 Å². The Labute approximate surface area is 118 Å². The summed E-state index contributed by atoms with van der Waals surface area (Å²) in [6.07, 6.45) is 12.8. The first-order valence-corrected chi connectivity index (χ1v) is 7.60. The lowest BCUT2D eigenvalue weighted by Crippen LogP contribution is -2.10. The average molecular weight is 275 g/mol. The molecular weight excluding hydrogens is 256 g/mol. The van der Waals surface area contributed by atoms with Crippen LogP contribution in [0.1, 0.15) is 37.7 Å². The fraction of sp³-hybridized carbons (Fsp3) is 0.438. The van der Waals surface area contributed by atoms with E-state index in [4.69, 9.17) is 11.6 Å². The van der Waals surface area contributed by atoms with Gasteiger partial charge in [0.25, 0.3) is 0 Å². The summed E-state index contributed by atoms with van der Waals surface area (Å²) in [6.45, 7) is 0. The van der Waals surface area contributed by atoms with E-state index < -0.39 is 0 Å². The fourth-order valence-corrected chi connectivity index (χ4v) is 3.33. The van der Waals surface area contributed by atoms with Crippen LogP contribution in [0.4, 0.5) is 0 Å². The van der Waals surface area contributed by atoms with Crippen molar-refractivity contribution in [2.75, 3.05) is 5.88 Å². The second kappa shape index (κ2) is 5.79. The number of alkyl halides is 1. The van der Waals surface area contributed by atoms with Crippen molar-refractivity contribution in [3.63, 3.8) is 0 Å². The van der Waals surface area contributed by atoms with E-state index in [2.05, 4.69) is 22.1 Å². The molecule has 3 heteroatoms.